The van der Waals surface area contributed by atoms with Gasteiger partial charge in [-0.2, -0.15) is 0 Å². The zero-order valence-corrected chi connectivity index (χ0v) is 13.7. The van der Waals surface area contributed by atoms with Crippen LogP contribution in [0.15, 0.2) is 12.4 Å². The molecule has 0 atom stereocenters. The Bertz CT molecular complexity index is 438. The maximum Gasteiger partial charge on any atom is 0.147 e. The molecular weight excluding hydrogens is 264 g/mol. The second-order valence-corrected chi connectivity index (χ2v) is 6.91. The highest BCUT2D eigenvalue weighted by molar-refractivity contribution is 5.35. The molecule has 0 saturated carbocycles. The Morgan fingerprint density at radius 2 is 2.00 bits per heavy atom. The van der Waals surface area contributed by atoms with Crippen molar-refractivity contribution in [3.63, 3.8) is 0 Å². The first-order valence-corrected chi connectivity index (χ1v) is 7.79. The van der Waals surface area contributed by atoms with Gasteiger partial charge in [0.25, 0.3) is 0 Å². The van der Waals surface area contributed by atoms with E-state index in [2.05, 4.69) is 43.0 Å². The number of aromatic nitrogens is 2. The van der Waals surface area contributed by atoms with E-state index in [1.165, 1.54) is 0 Å². The summed E-state index contributed by atoms with van der Waals surface area (Å²) in [5, 5.41) is 3.45. The van der Waals surface area contributed by atoms with E-state index in [4.69, 9.17) is 9.72 Å². The maximum absolute atomic E-state index is 5.42. The molecule has 0 spiro atoms. The van der Waals surface area contributed by atoms with Crippen molar-refractivity contribution >= 4 is 5.82 Å². The Balaban J connectivity index is 1.92. The third-order valence-corrected chi connectivity index (χ3v) is 3.74. The zero-order valence-electron chi connectivity index (χ0n) is 13.7. The number of ether oxygens (including phenoxy) is 1. The van der Waals surface area contributed by atoms with Crippen molar-refractivity contribution in [1.82, 2.24) is 15.3 Å². The molecule has 5 heteroatoms. The van der Waals surface area contributed by atoms with E-state index in [1.807, 2.05) is 12.4 Å². The molecule has 2 rings (SSSR count). The van der Waals surface area contributed by atoms with E-state index >= 15 is 0 Å². The summed E-state index contributed by atoms with van der Waals surface area (Å²) >= 11 is 0. The zero-order chi connectivity index (χ0) is 15.3. The molecule has 1 saturated heterocycles. The van der Waals surface area contributed by atoms with Crippen LogP contribution in [0.3, 0.4) is 0 Å². The third-order valence-electron chi connectivity index (χ3n) is 3.74. The molecule has 0 amide bonds. The van der Waals surface area contributed by atoms with Crippen LogP contribution in [-0.4, -0.2) is 42.3 Å². The molecule has 21 heavy (non-hydrogen) atoms. The van der Waals surface area contributed by atoms with Gasteiger partial charge < -0.3 is 15.0 Å². The minimum Gasteiger partial charge on any atom is -0.381 e. The van der Waals surface area contributed by atoms with Gasteiger partial charge >= 0.3 is 0 Å². The minimum atomic E-state index is 0.0890. The van der Waals surface area contributed by atoms with E-state index in [-0.39, 0.29) is 5.54 Å². The summed E-state index contributed by atoms with van der Waals surface area (Å²) in [5.74, 6) is 1.65. The minimum absolute atomic E-state index is 0.0890. The Kier molecular flexibility index (Phi) is 5.53. The van der Waals surface area contributed by atoms with Crippen molar-refractivity contribution in [2.24, 2.45) is 5.92 Å². The van der Waals surface area contributed by atoms with E-state index in [1.54, 1.807) is 0 Å². The van der Waals surface area contributed by atoms with Gasteiger partial charge in [-0.3, -0.25) is 4.98 Å². The molecule has 1 aliphatic heterocycles. The number of nitrogens with zero attached hydrogens (tertiary/aromatic N) is 3. The van der Waals surface area contributed by atoms with Crippen molar-refractivity contribution < 1.29 is 4.74 Å². The third kappa shape index (κ3) is 5.59. The van der Waals surface area contributed by atoms with Crippen LogP contribution in [0.5, 0.6) is 0 Å². The Morgan fingerprint density at radius 3 is 2.67 bits per heavy atom. The largest absolute Gasteiger partial charge is 0.381 e. The van der Waals surface area contributed by atoms with Crippen molar-refractivity contribution in [2.45, 2.75) is 45.7 Å². The lowest BCUT2D eigenvalue weighted by atomic mass is 10.00. The van der Waals surface area contributed by atoms with Crippen LogP contribution in [0.1, 0.15) is 39.3 Å². The fourth-order valence-electron chi connectivity index (χ4n) is 2.43. The van der Waals surface area contributed by atoms with Crippen molar-refractivity contribution in [3.8, 4) is 0 Å². The lowest BCUT2D eigenvalue weighted by molar-refractivity contribution is 0.0685. The normalized spacial score (nSPS) is 17.0. The predicted octanol–water partition coefficient (Wildman–Crippen LogP) is 2.23. The Hall–Kier alpha value is -1.20. The summed E-state index contributed by atoms with van der Waals surface area (Å²) in [6.45, 7) is 10.0. The Morgan fingerprint density at radius 1 is 1.29 bits per heavy atom. The van der Waals surface area contributed by atoms with Crippen LogP contribution in [-0.2, 0) is 11.3 Å². The van der Waals surface area contributed by atoms with Gasteiger partial charge in [-0.25, -0.2) is 4.98 Å². The summed E-state index contributed by atoms with van der Waals surface area (Å²) in [4.78, 5) is 11.3. The van der Waals surface area contributed by atoms with Gasteiger partial charge in [-0.05, 0) is 39.5 Å². The highest BCUT2D eigenvalue weighted by atomic mass is 16.5. The van der Waals surface area contributed by atoms with Crippen LogP contribution in [0.2, 0.25) is 0 Å². The number of hydrogen-bond acceptors (Lipinski definition) is 5. The van der Waals surface area contributed by atoms with Gasteiger partial charge in [0.05, 0.1) is 11.9 Å². The van der Waals surface area contributed by atoms with Gasteiger partial charge in [-0.1, -0.05) is 0 Å². The number of rotatable bonds is 5. The average molecular weight is 292 g/mol. The van der Waals surface area contributed by atoms with Gasteiger partial charge in [0.1, 0.15) is 5.82 Å². The molecule has 1 N–H and O–H groups in total. The molecule has 0 aliphatic carbocycles. The fourth-order valence-corrected chi connectivity index (χ4v) is 2.43. The van der Waals surface area contributed by atoms with Crippen LogP contribution >= 0.6 is 0 Å². The number of nitrogens with one attached hydrogen (secondary N) is 1. The first-order chi connectivity index (χ1) is 9.94. The first kappa shape index (κ1) is 16.2. The molecule has 0 unspecified atom stereocenters. The molecule has 118 valence electrons. The molecule has 5 nitrogen and oxygen atoms in total. The van der Waals surface area contributed by atoms with E-state index in [0.29, 0.717) is 5.92 Å². The van der Waals surface area contributed by atoms with Crippen molar-refractivity contribution in [1.29, 1.82) is 0 Å². The average Bonchev–Trinajstić information content (AvgIpc) is 2.46. The fraction of sp³-hybridized carbons (Fsp3) is 0.750. The highest BCUT2D eigenvalue weighted by Crippen LogP contribution is 2.18. The smallest absolute Gasteiger partial charge is 0.147 e. The topological polar surface area (TPSA) is 50.3 Å². The first-order valence-electron chi connectivity index (χ1n) is 7.79. The van der Waals surface area contributed by atoms with Gasteiger partial charge in [0, 0.05) is 45.1 Å². The summed E-state index contributed by atoms with van der Waals surface area (Å²) in [6.07, 6.45) is 5.97. The summed E-state index contributed by atoms with van der Waals surface area (Å²) in [7, 11) is 2.10. The highest BCUT2D eigenvalue weighted by Gasteiger charge is 2.17. The molecule has 1 aromatic heterocycles. The van der Waals surface area contributed by atoms with Crippen LogP contribution in [0, 0.1) is 5.92 Å². The molecule has 1 aliphatic rings. The maximum atomic E-state index is 5.42. The quantitative estimate of drug-likeness (QED) is 0.902. The molecule has 1 fully saturated rings. The van der Waals surface area contributed by atoms with Gasteiger partial charge in [0.2, 0.25) is 0 Å². The number of hydrogen-bond donors (Lipinski definition) is 1. The summed E-state index contributed by atoms with van der Waals surface area (Å²) in [5.41, 5.74) is 1.08. The van der Waals surface area contributed by atoms with Crippen LogP contribution in [0.4, 0.5) is 5.82 Å². The molecule has 0 radical (unpaired) electrons. The second kappa shape index (κ2) is 7.18. The second-order valence-electron chi connectivity index (χ2n) is 6.91. The lowest BCUT2D eigenvalue weighted by Crippen LogP contribution is -2.35. The van der Waals surface area contributed by atoms with Gasteiger partial charge in [-0.15, -0.1) is 0 Å². The van der Waals surface area contributed by atoms with Crippen molar-refractivity contribution in [3.05, 3.63) is 18.1 Å². The van der Waals surface area contributed by atoms with Crippen molar-refractivity contribution in [2.75, 3.05) is 31.7 Å². The van der Waals surface area contributed by atoms with Crippen LogP contribution in [0.25, 0.3) is 0 Å². The molecule has 0 bridgehead atoms. The summed E-state index contributed by atoms with van der Waals surface area (Å²) < 4.78 is 5.42. The molecule has 0 aromatic carbocycles. The monoisotopic (exact) mass is 292 g/mol. The SMILES string of the molecule is CN(CC1CCOCC1)c1cncc(CNC(C)(C)C)n1. The molecule has 2 heterocycles. The lowest BCUT2D eigenvalue weighted by Gasteiger charge is -2.28. The molecule has 1 aromatic rings. The number of anilines is 1. The standard InChI is InChI=1S/C16H28N4O/c1-16(2,3)18-10-14-9-17-11-15(19-14)20(4)12-13-5-7-21-8-6-13/h9,11,13,18H,5-8,10,12H2,1-4H3. The summed E-state index contributed by atoms with van der Waals surface area (Å²) in [6, 6.07) is 0. The Labute approximate surface area is 128 Å². The van der Waals surface area contributed by atoms with E-state index in [9.17, 15) is 0 Å². The molecular formula is C16H28N4O. The van der Waals surface area contributed by atoms with E-state index < -0.39 is 0 Å². The van der Waals surface area contributed by atoms with Crippen LogP contribution < -0.4 is 10.2 Å². The predicted molar refractivity (Wildman–Crippen MR) is 85.4 cm³/mol. The van der Waals surface area contributed by atoms with Gasteiger partial charge in [0.15, 0.2) is 0 Å². The van der Waals surface area contributed by atoms with E-state index in [0.717, 1.165) is 50.7 Å².